The average Bonchev–Trinajstić information content (AvgIpc) is 3.14. The second-order valence-corrected chi connectivity index (χ2v) is 7.35. The highest BCUT2D eigenvalue weighted by Crippen LogP contribution is 2.54. The molecule has 3 heteroatoms. The summed E-state index contributed by atoms with van der Waals surface area (Å²) in [4.78, 5) is 0. The Hall–Kier alpha value is -1.06. The molecule has 0 radical (unpaired) electrons. The number of rotatable bonds is 7. The largest absolute Gasteiger partial charge is 0.491 e. The molecule has 2 fully saturated rings. The highest BCUT2D eigenvalue weighted by atomic mass is 16.5. The highest BCUT2D eigenvalue weighted by molar-refractivity contribution is 5.38. The average molecular weight is 303 g/mol. The Labute approximate surface area is 134 Å². The summed E-state index contributed by atoms with van der Waals surface area (Å²) in [5.74, 6) is 3.43. The fourth-order valence-electron chi connectivity index (χ4n) is 4.16. The maximum absolute atomic E-state index is 10.0. The molecule has 1 aromatic rings. The molecule has 2 N–H and O–H groups in total. The Morgan fingerprint density at radius 3 is 2.73 bits per heavy atom. The van der Waals surface area contributed by atoms with Crippen molar-refractivity contribution < 1.29 is 9.84 Å². The molecular formula is C19H29NO2. The molecule has 122 valence electrons. The monoisotopic (exact) mass is 303 g/mol. The van der Waals surface area contributed by atoms with Gasteiger partial charge in [0, 0.05) is 12.6 Å². The first-order valence-corrected chi connectivity index (χ1v) is 8.76. The van der Waals surface area contributed by atoms with Crippen LogP contribution in [0.2, 0.25) is 0 Å². The van der Waals surface area contributed by atoms with E-state index in [-0.39, 0.29) is 0 Å². The van der Waals surface area contributed by atoms with Gasteiger partial charge >= 0.3 is 0 Å². The molecular weight excluding hydrogens is 274 g/mol. The van der Waals surface area contributed by atoms with Crippen molar-refractivity contribution in [2.45, 2.75) is 57.6 Å². The van der Waals surface area contributed by atoms with Crippen molar-refractivity contribution in [2.75, 3.05) is 13.2 Å². The summed E-state index contributed by atoms with van der Waals surface area (Å²) in [5, 5.41) is 13.3. The fraction of sp³-hybridized carbons (Fsp3) is 0.684. The van der Waals surface area contributed by atoms with E-state index in [1.165, 1.54) is 31.2 Å². The van der Waals surface area contributed by atoms with Gasteiger partial charge in [0.1, 0.15) is 18.5 Å². The van der Waals surface area contributed by atoms with E-state index in [9.17, 15) is 5.11 Å². The summed E-state index contributed by atoms with van der Waals surface area (Å²) in [6.45, 7) is 5.10. The van der Waals surface area contributed by atoms with Gasteiger partial charge in [-0.05, 0) is 48.6 Å². The van der Waals surface area contributed by atoms with Gasteiger partial charge in [-0.2, -0.15) is 0 Å². The summed E-state index contributed by atoms with van der Waals surface area (Å²) < 4.78 is 5.96. The van der Waals surface area contributed by atoms with Gasteiger partial charge in [-0.15, -0.1) is 0 Å². The van der Waals surface area contributed by atoms with Crippen LogP contribution in [0, 0.1) is 11.8 Å². The topological polar surface area (TPSA) is 41.5 Å². The third-order valence-corrected chi connectivity index (χ3v) is 5.25. The van der Waals surface area contributed by atoms with Crippen LogP contribution in [-0.2, 0) is 0 Å². The molecule has 0 spiro atoms. The lowest BCUT2D eigenvalue weighted by atomic mass is 9.83. The minimum Gasteiger partial charge on any atom is -0.491 e. The molecule has 2 aliphatic rings. The molecule has 2 aliphatic carbocycles. The quantitative estimate of drug-likeness (QED) is 0.812. The number of ether oxygens (including phenoxy) is 1. The van der Waals surface area contributed by atoms with Gasteiger partial charge in [-0.25, -0.2) is 0 Å². The van der Waals surface area contributed by atoms with Crippen LogP contribution in [0.25, 0.3) is 0 Å². The molecule has 1 aromatic carbocycles. The van der Waals surface area contributed by atoms with Crippen LogP contribution in [0.4, 0.5) is 0 Å². The zero-order valence-electron chi connectivity index (χ0n) is 13.8. The summed E-state index contributed by atoms with van der Waals surface area (Å²) in [6.07, 6.45) is 5.06. The van der Waals surface area contributed by atoms with Gasteiger partial charge in [0.2, 0.25) is 0 Å². The molecule has 22 heavy (non-hydrogen) atoms. The summed E-state index contributed by atoms with van der Waals surface area (Å²) in [5.41, 5.74) is 1.36. The standard InChI is InChI=1S/C19H29NO2/c1-13(2)20-11-16(21)12-22-19-6-4-3-5-17(19)18-10-14-7-8-15(18)9-14/h3-6,13-16,18,20-21H,7-12H2,1-2H3/t14-,15+,16?,18+/m1/s1. The maximum Gasteiger partial charge on any atom is 0.122 e. The lowest BCUT2D eigenvalue weighted by Crippen LogP contribution is -2.35. The Morgan fingerprint density at radius 2 is 2.05 bits per heavy atom. The third kappa shape index (κ3) is 3.64. The number of nitrogens with one attached hydrogen (secondary N) is 1. The minimum atomic E-state index is -0.463. The maximum atomic E-state index is 10.0. The molecule has 0 heterocycles. The van der Waals surface area contributed by atoms with Gasteiger partial charge in [0.15, 0.2) is 0 Å². The van der Waals surface area contributed by atoms with E-state index in [4.69, 9.17) is 4.74 Å². The van der Waals surface area contributed by atoms with Crippen LogP contribution in [-0.4, -0.2) is 30.4 Å². The minimum absolute atomic E-state index is 0.359. The Balaban J connectivity index is 1.60. The molecule has 0 aliphatic heterocycles. The van der Waals surface area contributed by atoms with Gasteiger partial charge < -0.3 is 15.2 Å². The zero-order valence-corrected chi connectivity index (χ0v) is 13.8. The smallest absolute Gasteiger partial charge is 0.122 e. The summed E-state index contributed by atoms with van der Waals surface area (Å²) >= 11 is 0. The van der Waals surface area contributed by atoms with E-state index in [0.29, 0.717) is 25.1 Å². The number of para-hydroxylation sites is 1. The highest BCUT2D eigenvalue weighted by Gasteiger charge is 2.41. The fourth-order valence-corrected chi connectivity index (χ4v) is 4.16. The Kier molecular flexibility index (Phi) is 5.04. The first-order valence-electron chi connectivity index (χ1n) is 8.76. The second kappa shape index (κ2) is 7.01. The van der Waals surface area contributed by atoms with Crippen LogP contribution >= 0.6 is 0 Å². The number of aliphatic hydroxyl groups is 1. The van der Waals surface area contributed by atoms with Crippen molar-refractivity contribution >= 4 is 0 Å². The molecule has 3 nitrogen and oxygen atoms in total. The van der Waals surface area contributed by atoms with Gasteiger partial charge in [0.05, 0.1) is 0 Å². The molecule has 0 saturated heterocycles. The number of fused-ring (bicyclic) bond motifs is 2. The molecule has 4 atom stereocenters. The van der Waals surface area contributed by atoms with E-state index < -0.39 is 6.10 Å². The molecule has 2 saturated carbocycles. The SMILES string of the molecule is CC(C)NCC(O)COc1ccccc1[C@H]1C[C@@H]2CC[C@H]1C2. The Morgan fingerprint density at radius 1 is 1.23 bits per heavy atom. The number of benzene rings is 1. The van der Waals surface area contributed by atoms with Crippen LogP contribution in [0.15, 0.2) is 24.3 Å². The van der Waals surface area contributed by atoms with Crippen molar-refractivity contribution in [1.82, 2.24) is 5.32 Å². The molecule has 1 unspecified atom stereocenters. The normalized spacial score (nSPS) is 28.3. The molecule has 2 bridgehead atoms. The number of aliphatic hydroxyl groups excluding tert-OH is 1. The second-order valence-electron chi connectivity index (χ2n) is 7.35. The van der Waals surface area contributed by atoms with Crippen LogP contribution in [0.5, 0.6) is 5.75 Å². The van der Waals surface area contributed by atoms with Crippen molar-refractivity contribution in [3.8, 4) is 5.75 Å². The van der Waals surface area contributed by atoms with Gasteiger partial charge in [0.25, 0.3) is 0 Å². The first kappa shape index (κ1) is 15.8. The van der Waals surface area contributed by atoms with Crippen molar-refractivity contribution in [3.63, 3.8) is 0 Å². The van der Waals surface area contributed by atoms with Gasteiger partial charge in [-0.1, -0.05) is 38.5 Å². The van der Waals surface area contributed by atoms with E-state index in [0.717, 1.165) is 17.6 Å². The summed E-state index contributed by atoms with van der Waals surface area (Å²) in [6, 6.07) is 8.81. The van der Waals surface area contributed by atoms with Crippen molar-refractivity contribution in [2.24, 2.45) is 11.8 Å². The first-order chi connectivity index (χ1) is 10.6. The lowest BCUT2D eigenvalue weighted by molar-refractivity contribution is 0.103. The third-order valence-electron chi connectivity index (χ3n) is 5.25. The Bertz CT molecular complexity index is 488. The number of hydrogen-bond acceptors (Lipinski definition) is 3. The number of hydrogen-bond donors (Lipinski definition) is 2. The molecule has 0 aromatic heterocycles. The predicted octanol–water partition coefficient (Wildman–Crippen LogP) is 3.33. The molecule has 3 rings (SSSR count). The van der Waals surface area contributed by atoms with E-state index >= 15 is 0 Å². The van der Waals surface area contributed by atoms with Crippen molar-refractivity contribution in [1.29, 1.82) is 0 Å². The van der Waals surface area contributed by atoms with E-state index in [2.05, 4.69) is 37.4 Å². The summed E-state index contributed by atoms with van der Waals surface area (Å²) in [7, 11) is 0. The zero-order chi connectivity index (χ0) is 15.5. The van der Waals surface area contributed by atoms with Gasteiger partial charge in [-0.3, -0.25) is 0 Å². The van der Waals surface area contributed by atoms with E-state index in [1.807, 2.05) is 6.07 Å². The lowest BCUT2D eigenvalue weighted by Gasteiger charge is -2.25. The van der Waals surface area contributed by atoms with Crippen molar-refractivity contribution in [3.05, 3.63) is 29.8 Å². The molecule has 0 amide bonds. The van der Waals surface area contributed by atoms with Crippen LogP contribution in [0.3, 0.4) is 0 Å². The van der Waals surface area contributed by atoms with E-state index in [1.54, 1.807) is 0 Å². The van der Waals surface area contributed by atoms with Crippen LogP contribution < -0.4 is 10.1 Å². The van der Waals surface area contributed by atoms with Crippen LogP contribution in [0.1, 0.15) is 51.0 Å². The predicted molar refractivity (Wildman–Crippen MR) is 89.3 cm³/mol.